The number of rotatable bonds is 0. The third-order valence-electron chi connectivity index (χ3n) is 3.53. The van der Waals surface area contributed by atoms with Crippen molar-refractivity contribution in [3.8, 4) is 11.5 Å². The van der Waals surface area contributed by atoms with Gasteiger partial charge in [0.05, 0.1) is 5.52 Å². The lowest BCUT2D eigenvalue weighted by molar-refractivity contribution is 0.174. The Morgan fingerprint density at radius 3 is 2.82 bits per heavy atom. The van der Waals surface area contributed by atoms with Gasteiger partial charge in [0.15, 0.2) is 16.9 Å². The molecule has 2 aromatic rings. The van der Waals surface area contributed by atoms with Gasteiger partial charge in [-0.25, -0.2) is 0 Å². The first kappa shape index (κ1) is 9.10. The number of ether oxygens (including phenoxy) is 2. The average Bonchev–Trinajstić information content (AvgIpc) is 2.94. The maximum absolute atomic E-state index is 12.3. The van der Waals surface area contributed by atoms with Crippen molar-refractivity contribution in [2.24, 2.45) is 0 Å². The van der Waals surface area contributed by atoms with E-state index in [2.05, 4.69) is 4.98 Å². The minimum Gasteiger partial charge on any atom is -0.454 e. The van der Waals surface area contributed by atoms with Gasteiger partial charge in [-0.2, -0.15) is 0 Å². The van der Waals surface area contributed by atoms with Crippen molar-refractivity contribution in [3.63, 3.8) is 0 Å². The van der Waals surface area contributed by atoms with Crippen molar-refractivity contribution in [3.05, 3.63) is 33.6 Å². The van der Waals surface area contributed by atoms with E-state index < -0.39 is 0 Å². The fourth-order valence-electron chi connectivity index (χ4n) is 2.69. The second-order valence-electron chi connectivity index (χ2n) is 4.52. The van der Waals surface area contributed by atoms with Gasteiger partial charge >= 0.3 is 0 Å². The molecule has 1 N–H and O–H groups in total. The predicted octanol–water partition coefficient (Wildman–Crippen LogP) is 1.75. The predicted molar refractivity (Wildman–Crippen MR) is 62.7 cm³/mol. The summed E-state index contributed by atoms with van der Waals surface area (Å²) < 4.78 is 10.6. The molecule has 0 saturated heterocycles. The molecule has 4 heteroatoms. The van der Waals surface area contributed by atoms with Crippen LogP contribution in [0.15, 0.2) is 16.9 Å². The van der Waals surface area contributed by atoms with Crippen molar-refractivity contribution in [2.45, 2.75) is 19.3 Å². The Hall–Kier alpha value is -1.97. The normalized spacial score (nSPS) is 16.5. The highest BCUT2D eigenvalue weighted by molar-refractivity contribution is 5.83. The van der Waals surface area contributed by atoms with Crippen LogP contribution in [0.5, 0.6) is 11.5 Å². The SMILES string of the molecule is O=c1c2c([nH]c3cc4c(cc13)OCO4)CCC2. The summed E-state index contributed by atoms with van der Waals surface area (Å²) >= 11 is 0. The second kappa shape index (κ2) is 3.03. The molecule has 1 aliphatic carbocycles. The number of aromatic nitrogens is 1. The van der Waals surface area contributed by atoms with E-state index in [1.54, 1.807) is 6.07 Å². The number of pyridine rings is 1. The van der Waals surface area contributed by atoms with Gasteiger partial charge in [-0.1, -0.05) is 0 Å². The summed E-state index contributed by atoms with van der Waals surface area (Å²) in [6, 6.07) is 3.65. The summed E-state index contributed by atoms with van der Waals surface area (Å²) in [6.07, 6.45) is 2.91. The van der Waals surface area contributed by atoms with Gasteiger partial charge in [-0.05, 0) is 25.3 Å². The Kier molecular flexibility index (Phi) is 1.62. The Morgan fingerprint density at radius 2 is 1.94 bits per heavy atom. The molecule has 0 fully saturated rings. The first-order valence-electron chi connectivity index (χ1n) is 5.80. The minimum absolute atomic E-state index is 0.143. The van der Waals surface area contributed by atoms with Crippen LogP contribution in [0, 0.1) is 0 Å². The highest BCUT2D eigenvalue weighted by atomic mass is 16.7. The monoisotopic (exact) mass is 229 g/mol. The quantitative estimate of drug-likeness (QED) is 0.748. The first-order chi connectivity index (χ1) is 8.33. The van der Waals surface area contributed by atoms with Crippen LogP contribution in [0.2, 0.25) is 0 Å². The zero-order valence-electron chi connectivity index (χ0n) is 9.21. The van der Waals surface area contributed by atoms with Gasteiger partial charge in [0, 0.05) is 22.7 Å². The number of H-pyrrole nitrogens is 1. The lowest BCUT2D eigenvalue weighted by Crippen LogP contribution is -2.10. The molecule has 0 bridgehead atoms. The van der Waals surface area contributed by atoms with Crippen LogP contribution in [0.3, 0.4) is 0 Å². The highest BCUT2D eigenvalue weighted by Gasteiger charge is 2.20. The molecule has 0 atom stereocenters. The van der Waals surface area contributed by atoms with Gasteiger partial charge in [0.2, 0.25) is 6.79 Å². The zero-order valence-corrected chi connectivity index (χ0v) is 9.21. The Morgan fingerprint density at radius 1 is 1.12 bits per heavy atom. The van der Waals surface area contributed by atoms with Crippen molar-refractivity contribution < 1.29 is 9.47 Å². The molecule has 1 aliphatic heterocycles. The maximum Gasteiger partial charge on any atom is 0.231 e. The number of aromatic amines is 1. The first-order valence-corrected chi connectivity index (χ1v) is 5.80. The summed E-state index contributed by atoms with van der Waals surface area (Å²) in [5.41, 5.74) is 3.02. The Labute approximate surface area is 97.2 Å². The van der Waals surface area contributed by atoms with E-state index in [1.165, 1.54) is 0 Å². The van der Waals surface area contributed by atoms with E-state index in [9.17, 15) is 4.79 Å². The van der Waals surface area contributed by atoms with E-state index in [-0.39, 0.29) is 12.2 Å². The molecule has 0 radical (unpaired) electrons. The van der Waals surface area contributed by atoms with Crippen LogP contribution < -0.4 is 14.9 Å². The third kappa shape index (κ3) is 1.15. The number of hydrogen-bond acceptors (Lipinski definition) is 3. The smallest absolute Gasteiger partial charge is 0.231 e. The van der Waals surface area contributed by atoms with Crippen LogP contribution in [0.4, 0.5) is 0 Å². The molecular formula is C13H11NO3. The Bertz CT molecular complexity index is 682. The molecule has 1 aromatic heterocycles. The highest BCUT2D eigenvalue weighted by Crippen LogP contribution is 2.35. The standard InChI is InChI=1S/C13H11NO3/c15-13-7-2-1-3-9(7)14-10-5-12-11(4-8(10)13)16-6-17-12/h4-5H,1-3,6H2,(H,14,15). The molecule has 2 aliphatic rings. The number of aryl methyl sites for hydroxylation is 1. The summed E-state index contributed by atoms with van der Waals surface area (Å²) in [5.74, 6) is 1.38. The topological polar surface area (TPSA) is 51.3 Å². The number of fused-ring (bicyclic) bond motifs is 3. The van der Waals surface area contributed by atoms with Crippen LogP contribution >= 0.6 is 0 Å². The molecule has 1 aromatic carbocycles. The lowest BCUT2D eigenvalue weighted by atomic mass is 10.1. The van der Waals surface area contributed by atoms with Crippen LogP contribution in [0.25, 0.3) is 10.9 Å². The van der Waals surface area contributed by atoms with Gasteiger partial charge in [0.1, 0.15) is 0 Å². The average molecular weight is 229 g/mol. The van der Waals surface area contributed by atoms with Crippen molar-refractivity contribution in [1.29, 1.82) is 0 Å². The fraction of sp³-hybridized carbons (Fsp3) is 0.308. The molecule has 17 heavy (non-hydrogen) atoms. The van der Waals surface area contributed by atoms with Crippen molar-refractivity contribution in [2.75, 3.05) is 6.79 Å². The van der Waals surface area contributed by atoms with E-state index in [0.29, 0.717) is 16.9 Å². The molecule has 4 nitrogen and oxygen atoms in total. The van der Waals surface area contributed by atoms with Crippen molar-refractivity contribution in [1.82, 2.24) is 4.98 Å². The minimum atomic E-state index is 0.143. The summed E-state index contributed by atoms with van der Waals surface area (Å²) in [6.45, 7) is 0.236. The summed E-state index contributed by atoms with van der Waals surface area (Å²) in [5, 5.41) is 0.704. The van der Waals surface area contributed by atoms with Gasteiger partial charge < -0.3 is 14.5 Å². The molecule has 0 amide bonds. The molecule has 0 saturated carbocycles. The summed E-state index contributed by atoms with van der Waals surface area (Å²) in [7, 11) is 0. The van der Waals surface area contributed by atoms with E-state index in [0.717, 1.165) is 36.0 Å². The fourth-order valence-corrected chi connectivity index (χ4v) is 2.69. The zero-order chi connectivity index (χ0) is 11.4. The van der Waals surface area contributed by atoms with Crippen LogP contribution in [-0.2, 0) is 12.8 Å². The largest absolute Gasteiger partial charge is 0.454 e. The van der Waals surface area contributed by atoms with E-state index in [4.69, 9.17) is 9.47 Å². The molecular weight excluding hydrogens is 218 g/mol. The maximum atomic E-state index is 12.3. The van der Waals surface area contributed by atoms with Gasteiger partial charge in [-0.3, -0.25) is 4.79 Å². The van der Waals surface area contributed by atoms with E-state index in [1.807, 2.05) is 6.07 Å². The molecule has 0 unspecified atom stereocenters. The molecule has 86 valence electrons. The van der Waals surface area contributed by atoms with Crippen LogP contribution in [-0.4, -0.2) is 11.8 Å². The van der Waals surface area contributed by atoms with E-state index >= 15 is 0 Å². The second-order valence-corrected chi connectivity index (χ2v) is 4.52. The number of benzene rings is 1. The number of hydrogen-bond donors (Lipinski definition) is 1. The molecule has 0 spiro atoms. The summed E-state index contributed by atoms with van der Waals surface area (Å²) in [4.78, 5) is 15.6. The van der Waals surface area contributed by atoms with Gasteiger partial charge in [0.25, 0.3) is 0 Å². The third-order valence-corrected chi connectivity index (χ3v) is 3.53. The van der Waals surface area contributed by atoms with Crippen molar-refractivity contribution >= 4 is 10.9 Å². The van der Waals surface area contributed by atoms with Crippen LogP contribution in [0.1, 0.15) is 17.7 Å². The molecule has 2 heterocycles. The van der Waals surface area contributed by atoms with Gasteiger partial charge in [-0.15, -0.1) is 0 Å². The molecule has 4 rings (SSSR count). The lowest BCUT2D eigenvalue weighted by Gasteiger charge is -2.05. The number of nitrogens with one attached hydrogen (secondary N) is 1. The Balaban J connectivity index is 2.12.